The maximum atomic E-state index is 10.2. The van der Waals surface area contributed by atoms with E-state index in [4.69, 9.17) is 14.2 Å². The van der Waals surface area contributed by atoms with Gasteiger partial charge in [-0.3, -0.25) is 0 Å². The zero-order valence-electron chi connectivity index (χ0n) is 21.0. The molecule has 0 amide bonds. The lowest BCUT2D eigenvalue weighted by Gasteiger charge is -2.03. The van der Waals surface area contributed by atoms with Crippen molar-refractivity contribution in [1.29, 1.82) is 0 Å². The predicted octanol–water partition coefficient (Wildman–Crippen LogP) is 6.82. The summed E-state index contributed by atoms with van der Waals surface area (Å²) >= 11 is 0. The van der Waals surface area contributed by atoms with Crippen LogP contribution in [0.4, 0.5) is 0 Å². The van der Waals surface area contributed by atoms with E-state index in [1.165, 1.54) is 83.5 Å². The van der Waals surface area contributed by atoms with E-state index in [1.807, 2.05) is 24.3 Å². The van der Waals surface area contributed by atoms with Crippen molar-refractivity contribution in [3.63, 3.8) is 0 Å². The summed E-state index contributed by atoms with van der Waals surface area (Å²) in [5, 5.41) is 10.2. The van der Waals surface area contributed by atoms with Crippen molar-refractivity contribution >= 4 is 0 Å². The number of ether oxygens (including phenoxy) is 3. The first kappa shape index (κ1) is 27.7. The van der Waals surface area contributed by atoms with Crippen LogP contribution in [-0.4, -0.2) is 37.1 Å². The van der Waals surface area contributed by atoms with Crippen molar-refractivity contribution in [2.45, 2.75) is 122 Å². The van der Waals surface area contributed by atoms with Crippen LogP contribution >= 0.6 is 0 Å². The fraction of sp³-hybridized carbons (Fsp3) is 0.724. The Morgan fingerprint density at radius 1 is 0.879 bits per heavy atom. The molecule has 1 aromatic carbocycles. The molecule has 0 unspecified atom stereocenters. The number of aliphatic hydroxyl groups is 1. The van der Waals surface area contributed by atoms with Crippen LogP contribution in [0.5, 0.6) is 5.75 Å². The van der Waals surface area contributed by atoms with Gasteiger partial charge in [-0.2, -0.15) is 0 Å². The van der Waals surface area contributed by atoms with Crippen LogP contribution in [0.3, 0.4) is 0 Å². The smallest absolute Gasteiger partial charge is 0.143 e. The van der Waals surface area contributed by atoms with Crippen molar-refractivity contribution in [3.8, 4) is 17.6 Å². The predicted molar refractivity (Wildman–Crippen MR) is 135 cm³/mol. The molecule has 1 aromatic rings. The second kappa shape index (κ2) is 17.9. The molecule has 33 heavy (non-hydrogen) atoms. The number of benzene rings is 1. The molecule has 4 heteroatoms. The molecule has 0 spiro atoms. The van der Waals surface area contributed by atoms with Crippen molar-refractivity contribution in [2.24, 2.45) is 0 Å². The van der Waals surface area contributed by atoms with Gasteiger partial charge in [-0.25, -0.2) is 0 Å². The molecule has 1 aliphatic rings. The lowest BCUT2D eigenvalue weighted by Crippen LogP contribution is -2.14. The molecule has 4 nitrogen and oxygen atoms in total. The number of hydrogen-bond acceptors (Lipinski definition) is 4. The fourth-order valence-electron chi connectivity index (χ4n) is 4.20. The quantitative estimate of drug-likeness (QED) is 0.140. The van der Waals surface area contributed by atoms with Gasteiger partial charge in [0.15, 0.2) is 0 Å². The van der Waals surface area contributed by atoms with E-state index in [2.05, 4.69) is 18.8 Å². The van der Waals surface area contributed by atoms with Gasteiger partial charge in [-0.1, -0.05) is 114 Å². The molecule has 0 aromatic heterocycles. The van der Waals surface area contributed by atoms with E-state index in [-0.39, 0.29) is 12.2 Å². The van der Waals surface area contributed by atoms with Gasteiger partial charge in [0.25, 0.3) is 0 Å². The largest absolute Gasteiger partial charge is 0.497 e. The summed E-state index contributed by atoms with van der Waals surface area (Å²) in [5.41, 5.74) is 1.07. The Balaban J connectivity index is 1.38. The van der Waals surface area contributed by atoms with Gasteiger partial charge in [-0.15, -0.1) is 0 Å². The van der Waals surface area contributed by atoms with E-state index in [0.29, 0.717) is 13.2 Å². The number of rotatable bonds is 19. The average Bonchev–Trinajstić information content (AvgIpc) is 3.62. The third kappa shape index (κ3) is 13.1. The summed E-state index contributed by atoms with van der Waals surface area (Å²) in [4.78, 5) is 0. The highest BCUT2D eigenvalue weighted by molar-refractivity contribution is 5.26. The monoisotopic (exact) mass is 458 g/mol. The van der Waals surface area contributed by atoms with Crippen molar-refractivity contribution in [1.82, 2.24) is 0 Å². The topological polar surface area (TPSA) is 51.2 Å². The zero-order valence-corrected chi connectivity index (χ0v) is 21.0. The van der Waals surface area contributed by atoms with Crippen molar-refractivity contribution in [2.75, 3.05) is 13.7 Å². The Bertz CT molecular complexity index is 660. The molecule has 1 N–H and O–H groups in total. The number of unbranched alkanes of at least 4 members (excludes halogenated alkanes) is 12. The van der Waals surface area contributed by atoms with Crippen molar-refractivity contribution in [3.05, 3.63) is 29.8 Å². The zero-order chi connectivity index (χ0) is 23.6. The SMILES string of the molecule is CCCCCCCCCCCCCCC[C@@H]1O[C@H]1[C@H](O)C#CCOCc1ccc(OC)cc1. The lowest BCUT2D eigenvalue weighted by molar-refractivity contribution is 0.152. The Morgan fingerprint density at radius 3 is 2.03 bits per heavy atom. The highest BCUT2D eigenvalue weighted by Crippen LogP contribution is 2.30. The third-order valence-electron chi connectivity index (χ3n) is 6.38. The van der Waals surface area contributed by atoms with Crippen LogP contribution in [0.2, 0.25) is 0 Å². The summed E-state index contributed by atoms with van der Waals surface area (Å²) < 4.78 is 16.3. The van der Waals surface area contributed by atoms with Crippen LogP contribution in [0.15, 0.2) is 24.3 Å². The van der Waals surface area contributed by atoms with Gasteiger partial charge in [0, 0.05) is 0 Å². The molecule has 3 atom stereocenters. The molecule has 1 aliphatic heterocycles. The second-order valence-electron chi connectivity index (χ2n) is 9.28. The molecular weight excluding hydrogens is 412 g/mol. The minimum atomic E-state index is -0.707. The molecule has 186 valence electrons. The summed E-state index contributed by atoms with van der Waals surface area (Å²) in [6.07, 6.45) is 18.2. The van der Waals surface area contributed by atoms with Gasteiger partial charge in [-0.05, 0) is 24.1 Å². The van der Waals surface area contributed by atoms with E-state index in [1.54, 1.807) is 7.11 Å². The highest BCUT2D eigenvalue weighted by atomic mass is 16.6. The van der Waals surface area contributed by atoms with Crippen molar-refractivity contribution < 1.29 is 19.3 Å². The van der Waals surface area contributed by atoms with E-state index in [9.17, 15) is 5.11 Å². The van der Waals surface area contributed by atoms with Gasteiger partial charge >= 0.3 is 0 Å². The molecule has 1 fully saturated rings. The second-order valence-corrected chi connectivity index (χ2v) is 9.28. The first-order chi connectivity index (χ1) is 16.2. The van der Waals surface area contributed by atoms with Gasteiger partial charge in [0.05, 0.1) is 19.8 Å². The Morgan fingerprint density at radius 2 is 1.45 bits per heavy atom. The Kier molecular flexibility index (Phi) is 15.0. The lowest BCUT2D eigenvalue weighted by atomic mass is 10.0. The standard InChI is InChI=1S/C29H46O4/c1-3-4-5-6-7-8-9-10-11-12-13-14-15-18-28-29(33-28)27(30)17-16-23-32-24-25-19-21-26(31-2)22-20-25/h19-22,27-30H,3-15,18,23-24H2,1-2H3/t27-,28+,29+/m1/s1. The van der Waals surface area contributed by atoms with Crippen LogP contribution in [-0.2, 0) is 16.1 Å². The minimum absolute atomic E-state index is 0.114. The van der Waals surface area contributed by atoms with E-state index in [0.717, 1.165) is 17.7 Å². The number of epoxide rings is 1. The number of hydrogen-bond donors (Lipinski definition) is 1. The van der Waals surface area contributed by atoms with Crippen LogP contribution in [0.1, 0.15) is 102 Å². The maximum absolute atomic E-state index is 10.2. The molecule has 2 rings (SSSR count). The molecule has 0 aliphatic carbocycles. The van der Waals surface area contributed by atoms with Crippen LogP contribution in [0.25, 0.3) is 0 Å². The summed E-state index contributed by atoms with van der Waals surface area (Å²) in [7, 11) is 1.65. The summed E-state index contributed by atoms with van der Waals surface area (Å²) in [5.74, 6) is 6.61. The number of methoxy groups -OCH3 is 1. The summed E-state index contributed by atoms with van der Waals surface area (Å²) in [6.45, 7) is 3.08. The third-order valence-corrected chi connectivity index (χ3v) is 6.38. The first-order valence-electron chi connectivity index (χ1n) is 13.3. The molecule has 0 saturated carbocycles. The van der Waals surface area contributed by atoms with Crippen LogP contribution in [0, 0.1) is 11.8 Å². The Labute approximate surface area is 202 Å². The van der Waals surface area contributed by atoms with Gasteiger partial charge in [0.1, 0.15) is 24.6 Å². The molecule has 0 bridgehead atoms. The summed E-state index contributed by atoms with van der Waals surface area (Å²) in [6, 6.07) is 7.77. The number of aliphatic hydroxyl groups excluding tert-OH is 1. The highest BCUT2D eigenvalue weighted by Gasteiger charge is 2.42. The van der Waals surface area contributed by atoms with E-state index >= 15 is 0 Å². The average molecular weight is 459 g/mol. The Hall–Kier alpha value is -1.54. The van der Waals surface area contributed by atoms with Crippen LogP contribution < -0.4 is 4.74 Å². The van der Waals surface area contributed by atoms with Gasteiger partial charge in [0.2, 0.25) is 0 Å². The molecule has 1 heterocycles. The first-order valence-corrected chi connectivity index (χ1v) is 13.3. The molecule has 0 radical (unpaired) electrons. The van der Waals surface area contributed by atoms with Gasteiger partial charge < -0.3 is 19.3 Å². The van der Waals surface area contributed by atoms with E-state index < -0.39 is 6.10 Å². The minimum Gasteiger partial charge on any atom is -0.497 e. The molecular formula is C29H46O4. The molecule has 1 saturated heterocycles. The normalized spacial score (nSPS) is 17.9. The fourth-order valence-corrected chi connectivity index (χ4v) is 4.20. The maximum Gasteiger partial charge on any atom is 0.143 e.